The third kappa shape index (κ3) is 4.38. The number of nitrogens with one attached hydrogen (secondary N) is 1. The fraction of sp³-hybridized carbons (Fsp3) is 0.188. The maximum atomic E-state index is 12.5. The molecule has 0 aliphatic rings. The number of halogens is 3. The summed E-state index contributed by atoms with van der Waals surface area (Å²) >= 11 is 0. The number of hydrogen-bond acceptors (Lipinski definition) is 4. The quantitative estimate of drug-likeness (QED) is 0.663. The van der Waals surface area contributed by atoms with E-state index in [1.165, 1.54) is 25.5 Å². The van der Waals surface area contributed by atoms with E-state index >= 15 is 0 Å². The molecule has 0 saturated carbocycles. The summed E-state index contributed by atoms with van der Waals surface area (Å²) in [6, 6.07) is 9.86. The Labute approximate surface area is 131 Å². The van der Waals surface area contributed by atoms with Crippen molar-refractivity contribution in [1.82, 2.24) is 0 Å². The van der Waals surface area contributed by atoms with Gasteiger partial charge in [0.15, 0.2) is 0 Å². The SMILES string of the molecule is COc1ccc(NN=Cc2ccc(C(F)(F)F)cc2)c(OC)c1. The molecule has 0 unspecified atom stereocenters. The van der Waals surface area contributed by atoms with E-state index in [0.29, 0.717) is 22.7 Å². The summed E-state index contributed by atoms with van der Waals surface area (Å²) in [6.07, 6.45) is -2.92. The van der Waals surface area contributed by atoms with Crippen LogP contribution >= 0.6 is 0 Å². The Hall–Kier alpha value is -2.70. The van der Waals surface area contributed by atoms with Gasteiger partial charge in [-0.3, -0.25) is 5.43 Å². The van der Waals surface area contributed by atoms with E-state index in [9.17, 15) is 13.2 Å². The van der Waals surface area contributed by atoms with Crippen molar-refractivity contribution >= 4 is 11.9 Å². The molecule has 2 aromatic carbocycles. The fourth-order valence-electron chi connectivity index (χ4n) is 1.83. The summed E-state index contributed by atoms with van der Waals surface area (Å²) in [5.41, 5.74) is 3.23. The monoisotopic (exact) mass is 324 g/mol. The summed E-state index contributed by atoms with van der Waals surface area (Å²) in [5, 5.41) is 3.99. The zero-order chi connectivity index (χ0) is 16.9. The number of methoxy groups -OCH3 is 2. The van der Waals surface area contributed by atoms with Gasteiger partial charge in [0.1, 0.15) is 11.5 Å². The smallest absolute Gasteiger partial charge is 0.416 e. The molecule has 0 spiro atoms. The Kier molecular flexibility index (Phi) is 5.10. The van der Waals surface area contributed by atoms with Gasteiger partial charge in [-0.2, -0.15) is 18.3 Å². The molecular formula is C16H15F3N2O2. The summed E-state index contributed by atoms with van der Waals surface area (Å²) in [5.74, 6) is 1.17. The topological polar surface area (TPSA) is 42.8 Å². The largest absolute Gasteiger partial charge is 0.497 e. The summed E-state index contributed by atoms with van der Waals surface area (Å²) in [7, 11) is 3.06. The Morgan fingerprint density at radius 2 is 1.70 bits per heavy atom. The summed E-state index contributed by atoms with van der Waals surface area (Å²) < 4.78 is 47.7. The number of nitrogens with zero attached hydrogens (tertiary/aromatic N) is 1. The standard InChI is InChI=1S/C16H15F3N2O2/c1-22-13-7-8-14(15(9-13)23-2)21-20-10-11-3-5-12(6-4-11)16(17,18)19/h3-10,21H,1-2H3. The second-order valence-corrected chi connectivity index (χ2v) is 4.56. The van der Waals surface area contributed by atoms with Gasteiger partial charge in [-0.15, -0.1) is 0 Å². The minimum absolute atomic E-state index is 0.536. The van der Waals surface area contributed by atoms with Crippen LogP contribution in [0.25, 0.3) is 0 Å². The molecule has 4 nitrogen and oxygen atoms in total. The van der Waals surface area contributed by atoms with Gasteiger partial charge in [0.25, 0.3) is 0 Å². The predicted molar refractivity (Wildman–Crippen MR) is 82.2 cm³/mol. The number of hydrogen-bond donors (Lipinski definition) is 1. The molecule has 2 rings (SSSR count). The van der Waals surface area contributed by atoms with Crippen molar-refractivity contribution in [3.05, 3.63) is 53.6 Å². The van der Waals surface area contributed by atoms with Crippen molar-refractivity contribution < 1.29 is 22.6 Å². The third-order valence-corrected chi connectivity index (χ3v) is 3.05. The van der Waals surface area contributed by atoms with Crippen LogP contribution in [-0.4, -0.2) is 20.4 Å². The number of rotatable bonds is 5. The highest BCUT2D eigenvalue weighted by Gasteiger charge is 2.29. The predicted octanol–water partition coefficient (Wildman–Crippen LogP) is 4.17. The number of alkyl halides is 3. The van der Waals surface area contributed by atoms with E-state index in [0.717, 1.165) is 12.1 Å². The minimum atomic E-state index is -4.34. The van der Waals surface area contributed by atoms with E-state index in [1.807, 2.05) is 0 Å². The van der Waals surface area contributed by atoms with Crippen LogP contribution in [0.5, 0.6) is 11.5 Å². The molecule has 0 saturated heterocycles. The first kappa shape index (κ1) is 16.7. The second kappa shape index (κ2) is 7.04. The molecule has 0 amide bonds. The highest BCUT2D eigenvalue weighted by Crippen LogP contribution is 2.30. The van der Waals surface area contributed by atoms with Gasteiger partial charge in [0, 0.05) is 6.07 Å². The van der Waals surface area contributed by atoms with Gasteiger partial charge in [0.05, 0.1) is 31.7 Å². The molecule has 1 N–H and O–H groups in total. The van der Waals surface area contributed by atoms with Gasteiger partial charge < -0.3 is 9.47 Å². The zero-order valence-corrected chi connectivity index (χ0v) is 12.5. The number of anilines is 1. The molecule has 0 heterocycles. The lowest BCUT2D eigenvalue weighted by atomic mass is 10.1. The van der Waals surface area contributed by atoms with Crippen molar-refractivity contribution in [3.8, 4) is 11.5 Å². The third-order valence-electron chi connectivity index (χ3n) is 3.05. The normalized spacial score (nSPS) is 11.5. The molecule has 2 aromatic rings. The molecule has 0 fully saturated rings. The van der Waals surface area contributed by atoms with Crippen LogP contribution in [0, 0.1) is 0 Å². The van der Waals surface area contributed by atoms with Crippen molar-refractivity contribution in [3.63, 3.8) is 0 Å². The van der Waals surface area contributed by atoms with E-state index in [4.69, 9.17) is 9.47 Å². The summed E-state index contributed by atoms with van der Waals surface area (Å²) in [6.45, 7) is 0. The Bertz CT molecular complexity index is 683. The maximum absolute atomic E-state index is 12.5. The molecule has 0 bridgehead atoms. The van der Waals surface area contributed by atoms with Gasteiger partial charge in [-0.05, 0) is 29.8 Å². The first-order valence-corrected chi connectivity index (χ1v) is 6.62. The van der Waals surface area contributed by atoms with Crippen molar-refractivity contribution in [2.75, 3.05) is 19.6 Å². The molecular weight excluding hydrogens is 309 g/mol. The van der Waals surface area contributed by atoms with Crippen LogP contribution in [0.1, 0.15) is 11.1 Å². The Balaban J connectivity index is 2.07. The highest BCUT2D eigenvalue weighted by atomic mass is 19.4. The summed E-state index contributed by atoms with van der Waals surface area (Å²) in [4.78, 5) is 0. The van der Waals surface area contributed by atoms with Crippen molar-refractivity contribution in [2.24, 2.45) is 5.10 Å². The molecule has 0 radical (unpaired) electrons. The Morgan fingerprint density at radius 3 is 2.26 bits per heavy atom. The van der Waals surface area contributed by atoms with E-state index in [1.54, 1.807) is 25.3 Å². The second-order valence-electron chi connectivity index (χ2n) is 4.56. The molecule has 0 atom stereocenters. The van der Waals surface area contributed by atoms with Crippen LogP contribution in [0.15, 0.2) is 47.6 Å². The first-order valence-electron chi connectivity index (χ1n) is 6.62. The van der Waals surface area contributed by atoms with Gasteiger partial charge in [0.2, 0.25) is 0 Å². The minimum Gasteiger partial charge on any atom is -0.497 e. The molecule has 23 heavy (non-hydrogen) atoms. The fourth-order valence-corrected chi connectivity index (χ4v) is 1.83. The van der Waals surface area contributed by atoms with Gasteiger partial charge in [-0.1, -0.05) is 12.1 Å². The molecule has 0 aliphatic heterocycles. The molecule has 0 aromatic heterocycles. The van der Waals surface area contributed by atoms with E-state index < -0.39 is 11.7 Å². The lowest BCUT2D eigenvalue weighted by Crippen LogP contribution is -2.04. The van der Waals surface area contributed by atoms with E-state index in [2.05, 4.69) is 10.5 Å². The first-order chi connectivity index (χ1) is 10.9. The average Bonchev–Trinajstić information content (AvgIpc) is 2.54. The van der Waals surface area contributed by atoms with Crippen LogP contribution in [-0.2, 0) is 6.18 Å². The van der Waals surface area contributed by atoms with Crippen molar-refractivity contribution in [1.29, 1.82) is 0 Å². The van der Waals surface area contributed by atoms with Crippen molar-refractivity contribution in [2.45, 2.75) is 6.18 Å². The van der Waals surface area contributed by atoms with Gasteiger partial charge >= 0.3 is 6.18 Å². The van der Waals surface area contributed by atoms with Crippen LogP contribution in [0.3, 0.4) is 0 Å². The lowest BCUT2D eigenvalue weighted by Gasteiger charge is -2.09. The highest BCUT2D eigenvalue weighted by molar-refractivity contribution is 5.80. The van der Waals surface area contributed by atoms with Crippen LogP contribution < -0.4 is 14.9 Å². The maximum Gasteiger partial charge on any atom is 0.416 e. The number of ether oxygens (including phenoxy) is 2. The molecule has 7 heteroatoms. The number of benzene rings is 2. The molecule has 0 aliphatic carbocycles. The van der Waals surface area contributed by atoms with Crippen LogP contribution in [0.2, 0.25) is 0 Å². The number of hydrazone groups is 1. The van der Waals surface area contributed by atoms with Crippen LogP contribution in [0.4, 0.5) is 18.9 Å². The lowest BCUT2D eigenvalue weighted by molar-refractivity contribution is -0.137. The molecule has 122 valence electrons. The zero-order valence-electron chi connectivity index (χ0n) is 12.5. The van der Waals surface area contributed by atoms with Gasteiger partial charge in [-0.25, -0.2) is 0 Å². The van der Waals surface area contributed by atoms with E-state index in [-0.39, 0.29) is 0 Å². The Morgan fingerprint density at radius 1 is 1.00 bits per heavy atom. The average molecular weight is 324 g/mol.